The van der Waals surface area contributed by atoms with Crippen LogP contribution in [-0.2, 0) is 0 Å². The van der Waals surface area contributed by atoms with Crippen molar-refractivity contribution in [2.75, 3.05) is 11.1 Å². The van der Waals surface area contributed by atoms with Gasteiger partial charge in [-0.1, -0.05) is 18.7 Å². The molecule has 0 aromatic heterocycles. The first-order valence-electron chi connectivity index (χ1n) is 5.40. The van der Waals surface area contributed by atoms with Crippen molar-refractivity contribution in [3.05, 3.63) is 29.6 Å². The molecule has 0 fully saturated rings. The Hall–Kier alpha value is -1.54. The molecule has 0 aliphatic carbocycles. The van der Waals surface area contributed by atoms with E-state index in [0.29, 0.717) is 17.3 Å². The summed E-state index contributed by atoms with van der Waals surface area (Å²) in [6.07, 6.45) is 0.994. The minimum absolute atomic E-state index is 0.320. The van der Waals surface area contributed by atoms with Gasteiger partial charge < -0.3 is 5.32 Å². The van der Waals surface area contributed by atoms with Crippen molar-refractivity contribution in [3.63, 3.8) is 0 Å². The third kappa shape index (κ3) is 2.77. The standard InChI is InChI=1S/C12H12FN3S/c1-2-9-7-17-12(15-9)16-11-4-3-8(6-14)5-10(11)13/h3-5,9H,2,7H2,1H3,(H,15,16). The molecular formula is C12H12FN3S. The number of benzene rings is 1. The smallest absolute Gasteiger partial charge is 0.161 e. The van der Waals surface area contributed by atoms with Gasteiger partial charge in [-0.2, -0.15) is 5.26 Å². The second-order valence-electron chi connectivity index (χ2n) is 3.74. The fourth-order valence-corrected chi connectivity index (χ4v) is 2.56. The lowest BCUT2D eigenvalue weighted by Gasteiger charge is -2.06. The van der Waals surface area contributed by atoms with Gasteiger partial charge in [-0.15, -0.1) is 0 Å². The maximum atomic E-state index is 13.6. The molecule has 0 radical (unpaired) electrons. The Bertz CT molecular complexity index is 493. The van der Waals surface area contributed by atoms with Gasteiger partial charge in [0, 0.05) is 5.75 Å². The number of hydrogen-bond donors (Lipinski definition) is 1. The predicted molar refractivity (Wildman–Crippen MR) is 68.7 cm³/mol. The fraction of sp³-hybridized carbons (Fsp3) is 0.333. The molecule has 1 atom stereocenters. The minimum atomic E-state index is -0.424. The summed E-state index contributed by atoms with van der Waals surface area (Å²) in [6.45, 7) is 2.08. The van der Waals surface area contributed by atoms with Gasteiger partial charge in [0.1, 0.15) is 5.82 Å². The van der Waals surface area contributed by atoms with Gasteiger partial charge in [-0.25, -0.2) is 4.39 Å². The summed E-state index contributed by atoms with van der Waals surface area (Å²) in [7, 11) is 0. The molecule has 88 valence electrons. The monoisotopic (exact) mass is 249 g/mol. The summed E-state index contributed by atoms with van der Waals surface area (Å²) in [6, 6.07) is 6.60. The molecule has 1 heterocycles. The Labute approximate surface area is 104 Å². The number of rotatable bonds is 2. The summed E-state index contributed by atoms with van der Waals surface area (Å²) in [5.74, 6) is 0.517. The molecule has 5 heteroatoms. The maximum Gasteiger partial charge on any atom is 0.161 e. The second-order valence-corrected chi connectivity index (χ2v) is 4.75. The number of hydrogen-bond acceptors (Lipinski definition) is 4. The quantitative estimate of drug-likeness (QED) is 0.876. The molecular weight excluding hydrogens is 237 g/mol. The number of nitrogens with one attached hydrogen (secondary N) is 1. The highest BCUT2D eigenvalue weighted by molar-refractivity contribution is 8.14. The third-order valence-electron chi connectivity index (χ3n) is 2.52. The lowest BCUT2D eigenvalue weighted by molar-refractivity contribution is 0.631. The highest BCUT2D eigenvalue weighted by atomic mass is 32.2. The molecule has 0 saturated heterocycles. The molecule has 1 unspecified atom stereocenters. The lowest BCUT2D eigenvalue weighted by atomic mass is 10.2. The van der Waals surface area contributed by atoms with Crippen molar-refractivity contribution >= 4 is 22.6 Å². The molecule has 1 N–H and O–H groups in total. The predicted octanol–water partition coefficient (Wildman–Crippen LogP) is 2.99. The molecule has 0 bridgehead atoms. The number of nitrogens with zero attached hydrogens (tertiary/aromatic N) is 2. The highest BCUT2D eigenvalue weighted by Crippen LogP contribution is 2.23. The first-order valence-corrected chi connectivity index (χ1v) is 6.38. The van der Waals surface area contributed by atoms with Crippen molar-refractivity contribution in [1.29, 1.82) is 5.26 Å². The zero-order valence-electron chi connectivity index (χ0n) is 9.40. The van der Waals surface area contributed by atoms with Crippen LogP contribution in [0.25, 0.3) is 0 Å². The normalized spacial score (nSPS) is 18.6. The van der Waals surface area contributed by atoms with Crippen LogP contribution in [0.3, 0.4) is 0 Å². The van der Waals surface area contributed by atoms with Crippen LogP contribution in [0.2, 0.25) is 0 Å². The van der Waals surface area contributed by atoms with Crippen LogP contribution in [0.4, 0.5) is 10.1 Å². The van der Waals surface area contributed by atoms with Crippen LogP contribution < -0.4 is 5.32 Å². The third-order valence-corrected chi connectivity index (χ3v) is 3.56. The van der Waals surface area contributed by atoms with Crippen LogP contribution in [0.1, 0.15) is 18.9 Å². The Balaban J connectivity index is 2.12. The largest absolute Gasteiger partial charge is 0.333 e. The van der Waals surface area contributed by atoms with E-state index in [-0.39, 0.29) is 0 Å². The molecule has 3 nitrogen and oxygen atoms in total. The van der Waals surface area contributed by atoms with Gasteiger partial charge in [-0.05, 0) is 24.6 Å². The van der Waals surface area contributed by atoms with E-state index >= 15 is 0 Å². The Kier molecular flexibility index (Phi) is 3.64. The van der Waals surface area contributed by atoms with Crippen molar-refractivity contribution in [2.24, 2.45) is 4.99 Å². The van der Waals surface area contributed by atoms with Crippen molar-refractivity contribution in [3.8, 4) is 6.07 Å². The van der Waals surface area contributed by atoms with E-state index in [1.807, 2.05) is 6.07 Å². The number of aliphatic imine (C=N–C) groups is 1. The molecule has 0 saturated carbocycles. The molecule has 2 rings (SSSR count). The summed E-state index contributed by atoms with van der Waals surface area (Å²) >= 11 is 1.60. The van der Waals surface area contributed by atoms with Gasteiger partial charge >= 0.3 is 0 Å². The van der Waals surface area contributed by atoms with Crippen LogP contribution in [0.5, 0.6) is 0 Å². The zero-order valence-corrected chi connectivity index (χ0v) is 10.2. The average molecular weight is 249 g/mol. The van der Waals surface area contributed by atoms with Crippen molar-refractivity contribution < 1.29 is 4.39 Å². The van der Waals surface area contributed by atoms with E-state index in [0.717, 1.165) is 17.3 Å². The van der Waals surface area contributed by atoms with E-state index in [1.54, 1.807) is 23.9 Å². The first kappa shape index (κ1) is 11.9. The lowest BCUT2D eigenvalue weighted by Crippen LogP contribution is -2.07. The van der Waals surface area contributed by atoms with Gasteiger partial charge in [-0.3, -0.25) is 4.99 Å². The number of thioether (sulfide) groups is 1. The molecule has 17 heavy (non-hydrogen) atoms. The Morgan fingerprint density at radius 3 is 3.06 bits per heavy atom. The Morgan fingerprint density at radius 2 is 2.47 bits per heavy atom. The van der Waals surface area contributed by atoms with Gasteiger partial charge in [0.25, 0.3) is 0 Å². The summed E-state index contributed by atoms with van der Waals surface area (Å²) in [4.78, 5) is 4.42. The average Bonchev–Trinajstić information content (AvgIpc) is 2.79. The van der Waals surface area contributed by atoms with Gasteiger partial charge in [0.05, 0.1) is 23.4 Å². The van der Waals surface area contributed by atoms with E-state index < -0.39 is 5.82 Å². The summed E-state index contributed by atoms with van der Waals surface area (Å²) in [5.41, 5.74) is 0.688. The SMILES string of the molecule is CCC1CSC(Nc2ccc(C#N)cc2F)=N1. The summed E-state index contributed by atoms with van der Waals surface area (Å²) < 4.78 is 13.6. The summed E-state index contributed by atoms with van der Waals surface area (Å²) in [5, 5.41) is 12.3. The van der Waals surface area contributed by atoms with E-state index in [1.165, 1.54) is 6.07 Å². The number of nitriles is 1. The molecule has 1 aromatic rings. The fourth-order valence-electron chi connectivity index (χ4n) is 1.49. The van der Waals surface area contributed by atoms with Crippen LogP contribution >= 0.6 is 11.8 Å². The zero-order chi connectivity index (χ0) is 12.3. The van der Waals surface area contributed by atoms with E-state index in [4.69, 9.17) is 5.26 Å². The number of halogens is 1. The number of amidine groups is 1. The molecule has 1 aromatic carbocycles. The molecule has 0 spiro atoms. The van der Waals surface area contributed by atoms with Crippen LogP contribution in [-0.4, -0.2) is 17.0 Å². The van der Waals surface area contributed by atoms with Crippen LogP contribution in [0, 0.1) is 17.1 Å². The van der Waals surface area contributed by atoms with Crippen molar-refractivity contribution in [1.82, 2.24) is 0 Å². The maximum absolute atomic E-state index is 13.6. The van der Waals surface area contributed by atoms with Gasteiger partial charge in [0.15, 0.2) is 5.17 Å². The number of anilines is 1. The van der Waals surface area contributed by atoms with Crippen LogP contribution in [0.15, 0.2) is 23.2 Å². The van der Waals surface area contributed by atoms with E-state index in [2.05, 4.69) is 17.2 Å². The topological polar surface area (TPSA) is 48.2 Å². The minimum Gasteiger partial charge on any atom is -0.333 e. The molecule has 1 aliphatic rings. The molecule has 1 aliphatic heterocycles. The highest BCUT2D eigenvalue weighted by Gasteiger charge is 2.17. The van der Waals surface area contributed by atoms with E-state index in [9.17, 15) is 4.39 Å². The Morgan fingerprint density at radius 1 is 1.65 bits per heavy atom. The molecule has 0 amide bonds. The van der Waals surface area contributed by atoms with Crippen molar-refractivity contribution in [2.45, 2.75) is 19.4 Å². The second kappa shape index (κ2) is 5.19. The van der Waals surface area contributed by atoms with Gasteiger partial charge in [0.2, 0.25) is 0 Å². The first-order chi connectivity index (χ1) is 8.22.